The van der Waals surface area contributed by atoms with E-state index in [9.17, 15) is 9.59 Å². The molecule has 4 nitrogen and oxygen atoms in total. The zero-order chi connectivity index (χ0) is 11.8. The van der Waals surface area contributed by atoms with Crippen LogP contribution in [0.2, 0.25) is 0 Å². The minimum atomic E-state index is -0.622. The van der Waals surface area contributed by atoms with E-state index in [0.717, 1.165) is 0 Å². The molecule has 0 aromatic heterocycles. The Bertz CT molecular complexity index is 231. The number of esters is 2. The van der Waals surface area contributed by atoms with Crippen LogP contribution < -0.4 is 0 Å². The lowest BCUT2D eigenvalue weighted by Gasteiger charge is -2.10. The minimum Gasteiger partial charge on any atom is -0.458 e. The summed E-state index contributed by atoms with van der Waals surface area (Å²) in [7, 11) is 0. The molecule has 4 heteroatoms. The highest BCUT2D eigenvalue weighted by atomic mass is 16.6. The Morgan fingerprint density at radius 1 is 1.07 bits per heavy atom. The number of hydrogen-bond donors (Lipinski definition) is 0. The first-order valence-electron chi connectivity index (χ1n) is 4.63. The smallest absolute Gasteiger partial charge is 0.317 e. The zero-order valence-corrected chi connectivity index (χ0v) is 9.06. The van der Waals surface area contributed by atoms with Gasteiger partial charge in [0, 0.05) is 0 Å². The van der Waals surface area contributed by atoms with Crippen LogP contribution in [0.4, 0.5) is 0 Å². The summed E-state index contributed by atoms with van der Waals surface area (Å²) in [6.45, 7) is 10.2. The van der Waals surface area contributed by atoms with Gasteiger partial charge in [0.05, 0.1) is 0 Å². The standard InChI is InChI=1S/C11H16O4/c1-5-8(3)14-10(12)7-11(13)15-9(4)6-2/h5-6,8-9H,1-2,7H2,3-4H3/t8-,9-/m0/s1. The number of hydrogen-bond acceptors (Lipinski definition) is 4. The Labute approximate surface area is 89.6 Å². The molecule has 0 amide bonds. The fourth-order valence-corrected chi connectivity index (χ4v) is 0.712. The summed E-state index contributed by atoms with van der Waals surface area (Å²) in [5.74, 6) is -1.24. The summed E-state index contributed by atoms with van der Waals surface area (Å²) in [6.07, 6.45) is 1.74. The van der Waals surface area contributed by atoms with E-state index < -0.39 is 30.6 Å². The van der Waals surface area contributed by atoms with E-state index in [-0.39, 0.29) is 0 Å². The van der Waals surface area contributed by atoms with Crippen molar-refractivity contribution in [3.05, 3.63) is 25.3 Å². The van der Waals surface area contributed by atoms with Gasteiger partial charge in [0.2, 0.25) is 0 Å². The van der Waals surface area contributed by atoms with Crippen LogP contribution in [0.3, 0.4) is 0 Å². The Hall–Kier alpha value is -1.58. The first kappa shape index (κ1) is 13.4. The Balaban J connectivity index is 3.91. The fraction of sp³-hybridized carbons (Fsp3) is 0.455. The van der Waals surface area contributed by atoms with Crippen LogP contribution in [0.25, 0.3) is 0 Å². The van der Waals surface area contributed by atoms with Crippen molar-refractivity contribution >= 4 is 11.9 Å². The van der Waals surface area contributed by atoms with Crippen LogP contribution >= 0.6 is 0 Å². The van der Waals surface area contributed by atoms with E-state index in [2.05, 4.69) is 13.2 Å². The van der Waals surface area contributed by atoms with Crippen molar-refractivity contribution in [2.75, 3.05) is 0 Å². The molecule has 0 aliphatic heterocycles. The fourth-order valence-electron chi connectivity index (χ4n) is 0.712. The molecule has 0 radical (unpaired) electrons. The molecule has 0 spiro atoms. The summed E-state index contributed by atoms with van der Waals surface area (Å²) < 4.78 is 9.60. The van der Waals surface area contributed by atoms with Gasteiger partial charge in [-0.15, -0.1) is 0 Å². The highest BCUT2D eigenvalue weighted by Gasteiger charge is 2.15. The quantitative estimate of drug-likeness (QED) is 0.381. The topological polar surface area (TPSA) is 52.6 Å². The number of carbonyl (C=O) groups is 2. The first-order valence-corrected chi connectivity index (χ1v) is 4.63. The molecule has 0 heterocycles. The molecule has 84 valence electrons. The van der Waals surface area contributed by atoms with Crippen molar-refractivity contribution in [2.24, 2.45) is 0 Å². The molecule has 0 unspecified atom stereocenters. The summed E-state index contributed by atoms with van der Waals surface area (Å²) in [4.78, 5) is 22.2. The van der Waals surface area contributed by atoms with E-state index in [1.807, 2.05) is 0 Å². The average molecular weight is 212 g/mol. The number of carbonyl (C=O) groups excluding carboxylic acids is 2. The molecular weight excluding hydrogens is 196 g/mol. The van der Waals surface area contributed by atoms with E-state index in [4.69, 9.17) is 9.47 Å². The third kappa shape index (κ3) is 6.49. The van der Waals surface area contributed by atoms with Crippen molar-refractivity contribution in [1.82, 2.24) is 0 Å². The van der Waals surface area contributed by atoms with Gasteiger partial charge in [0.25, 0.3) is 0 Å². The van der Waals surface area contributed by atoms with E-state index >= 15 is 0 Å². The van der Waals surface area contributed by atoms with Gasteiger partial charge >= 0.3 is 11.9 Å². The second-order valence-electron chi connectivity index (χ2n) is 3.04. The van der Waals surface area contributed by atoms with Gasteiger partial charge in [-0.1, -0.05) is 25.3 Å². The van der Waals surface area contributed by atoms with Crippen LogP contribution in [-0.2, 0) is 19.1 Å². The normalized spacial score (nSPS) is 13.5. The lowest BCUT2D eigenvalue weighted by atomic mass is 10.3. The van der Waals surface area contributed by atoms with E-state index in [0.29, 0.717) is 0 Å². The molecule has 0 bridgehead atoms. The molecule has 0 fully saturated rings. The van der Waals surface area contributed by atoms with Crippen LogP contribution in [0.1, 0.15) is 20.3 Å². The van der Waals surface area contributed by atoms with Crippen molar-refractivity contribution < 1.29 is 19.1 Å². The molecule has 0 N–H and O–H groups in total. The summed E-state index contributed by atoms with van der Waals surface area (Å²) in [5.41, 5.74) is 0. The first-order chi connectivity index (χ1) is 6.99. The monoisotopic (exact) mass is 212 g/mol. The lowest BCUT2D eigenvalue weighted by Crippen LogP contribution is -2.20. The van der Waals surface area contributed by atoms with Gasteiger partial charge in [-0.2, -0.15) is 0 Å². The Morgan fingerprint density at radius 2 is 1.40 bits per heavy atom. The van der Waals surface area contributed by atoms with Gasteiger partial charge in [0.1, 0.15) is 18.6 Å². The molecule has 0 aliphatic carbocycles. The molecule has 0 saturated carbocycles. The van der Waals surface area contributed by atoms with Crippen molar-refractivity contribution in [1.29, 1.82) is 0 Å². The van der Waals surface area contributed by atoms with Crippen molar-refractivity contribution in [3.63, 3.8) is 0 Å². The molecule has 0 saturated heterocycles. The highest BCUT2D eigenvalue weighted by Crippen LogP contribution is 1.99. The van der Waals surface area contributed by atoms with Crippen LogP contribution in [-0.4, -0.2) is 24.1 Å². The minimum absolute atomic E-state index is 0.393. The van der Waals surface area contributed by atoms with Gasteiger partial charge in [-0.3, -0.25) is 9.59 Å². The van der Waals surface area contributed by atoms with Crippen LogP contribution in [0, 0.1) is 0 Å². The summed E-state index contributed by atoms with van der Waals surface area (Å²) >= 11 is 0. The molecule has 0 aliphatic rings. The van der Waals surface area contributed by atoms with E-state index in [1.54, 1.807) is 13.8 Å². The Kier molecular flexibility index (Phi) is 6.09. The second-order valence-corrected chi connectivity index (χ2v) is 3.04. The molecule has 0 aromatic rings. The predicted octanol–water partition coefficient (Wildman–Crippen LogP) is 1.61. The highest BCUT2D eigenvalue weighted by molar-refractivity contribution is 5.91. The maximum absolute atomic E-state index is 11.1. The lowest BCUT2D eigenvalue weighted by molar-refractivity contribution is -0.157. The van der Waals surface area contributed by atoms with Crippen LogP contribution in [0.15, 0.2) is 25.3 Å². The largest absolute Gasteiger partial charge is 0.458 e. The zero-order valence-electron chi connectivity index (χ0n) is 9.06. The molecule has 0 aromatic carbocycles. The molecule has 15 heavy (non-hydrogen) atoms. The molecular formula is C11H16O4. The molecule has 0 rings (SSSR count). The Morgan fingerprint density at radius 3 is 1.67 bits per heavy atom. The van der Waals surface area contributed by atoms with Gasteiger partial charge < -0.3 is 9.47 Å². The van der Waals surface area contributed by atoms with Gasteiger partial charge in [-0.05, 0) is 13.8 Å². The van der Waals surface area contributed by atoms with Crippen molar-refractivity contribution in [3.8, 4) is 0 Å². The third-order valence-electron chi connectivity index (χ3n) is 1.59. The maximum Gasteiger partial charge on any atom is 0.317 e. The number of ether oxygens (including phenoxy) is 2. The molecule has 2 atom stereocenters. The van der Waals surface area contributed by atoms with E-state index in [1.165, 1.54) is 12.2 Å². The van der Waals surface area contributed by atoms with Gasteiger partial charge in [0.15, 0.2) is 0 Å². The SMILES string of the molecule is C=C[C@H](C)OC(=O)CC(=O)O[C@@H](C)C=C. The third-order valence-corrected chi connectivity index (χ3v) is 1.59. The van der Waals surface area contributed by atoms with Gasteiger partial charge in [-0.25, -0.2) is 0 Å². The summed E-state index contributed by atoms with van der Waals surface area (Å²) in [5, 5.41) is 0. The van der Waals surface area contributed by atoms with Crippen molar-refractivity contribution in [2.45, 2.75) is 32.5 Å². The number of rotatable bonds is 6. The average Bonchev–Trinajstić information content (AvgIpc) is 2.16. The van der Waals surface area contributed by atoms with Crippen LogP contribution in [0.5, 0.6) is 0 Å². The maximum atomic E-state index is 11.1. The summed E-state index contributed by atoms with van der Waals surface area (Å²) in [6, 6.07) is 0. The second kappa shape index (κ2) is 6.81. The predicted molar refractivity (Wildman–Crippen MR) is 56.1 cm³/mol.